The Morgan fingerprint density at radius 2 is 1.96 bits per heavy atom. The van der Waals surface area contributed by atoms with E-state index in [1.165, 1.54) is 0 Å². The average molecular weight is 377 g/mol. The number of nitrogens with one attached hydrogen (secondary N) is 2. The highest BCUT2D eigenvalue weighted by molar-refractivity contribution is 5.93. The minimum atomic E-state index is -0.274. The molecule has 0 saturated heterocycles. The molecule has 7 nitrogen and oxygen atoms in total. The highest BCUT2D eigenvalue weighted by atomic mass is 16.5. The summed E-state index contributed by atoms with van der Waals surface area (Å²) in [5.74, 6) is 1.47. The van der Waals surface area contributed by atoms with Gasteiger partial charge in [0.05, 0.1) is 11.8 Å². The van der Waals surface area contributed by atoms with Gasteiger partial charge in [-0.05, 0) is 44.5 Å². The fourth-order valence-corrected chi connectivity index (χ4v) is 2.59. The Labute approximate surface area is 164 Å². The maximum atomic E-state index is 12.5. The number of carbonyl (C=O) groups excluding carboxylic acids is 1. The van der Waals surface area contributed by atoms with Crippen molar-refractivity contribution in [2.75, 3.05) is 5.32 Å². The first-order valence-electron chi connectivity index (χ1n) is 9.07. The van der Waals surface area contributed by atoms with Crippen LogP contribution in [0.1, 0.15) is 35.7 Å². The van der Waals surface area contributed by atoms with E-state index in [4.69, 9.17) is 4.74 Å². The van der Waals surface area contributed by atoms with E-state index in [2.05, 4.69) is 25.6 Å². The molecule has 0 atom stereocenters. The Morgan fingerprint density at radius 3 is 2.71 bits per heavy atom. The first kappa shape index (κ1) is 19.3. The maximum Gasteiger partial charge on any atom is 0.270 e. The largest absolute Gasteiger partial charge is 0.489 e. The third kappa shape index (κ3) is 5.26. The number of nitrogens with zero attached hydrogens (tertiary/aromatic N) is 3. The van der Waals surface area contributed by atoms with Gasteiger partial charge in [-0.25, -0.2) is 9.97 Å². The van der Waals surface area contributed by atoms with Gasteiger partial charge in [0.1, 0.15) is 23.1 Å². The molecular weight excluding hydrogens is 354 g/mol. The van der Waals surface area contributed by atoms with Crippen LogP contribution < -0.4 is 15.4 Å². The molecule has 0 aliphatic carbocycles. The Balaban J connectivity index is 1.75. The van der Waals surface area contributed by atoms with Crippen molar-refractivity contribution in [3.8, 4) is 5.75 Å². The molecule has 0 aliphatic rings. The molecule has 0 unspecified atom stereocenters. The van der Waals surface area contributed by atoms with Crippen LogP contribution in [-0.4, -0.2) is 27.0 Å². The molecular formula is C21H23N5O2. The number of hydrogen-bond donors (Lipinski definition) is 2. The van der Waals surface area contributed by atoms with Crippen molar-refractivity contribution in [1.82, 2.24) is 20.3 Å². The van der Waals surface area contributed by atoms with Gasteiger partial charge in [0, 0.05) is 25.0 Å². The molecule has 2 aromatic heterocycles. The Hall–Kier alpha value is -3.48. The summed E-state index contributed by atoms with van der Waals surface area (Å²) < 4.78 is 5.82. The summed E-state index contributed by atoms with van der Waals surface area (Å²) in [6, 6.07) is 13.0. The topological polar surface area (TPSA) is 89.0 Å². The predicted molar refractivity (Wildman–Crippen MR) is 108 cm³/mol. The molecule has 144 valence electrons. The van der Waals surface area contributed by atoms with Gasteiger partial charge in [-0.2, -0.15) is 0 Å². The van der Waals surface area contributed by atoms with Crippen molar-refractivity contribution in [3.63, 3.8) is 0 Å². The molecule has 1 aromatic carbocycles. The van der Waals surface area contributed by atoms with Gasteiger partial charge >= 0.3 is 0 Å². The number of rotatable bonds is 7. The van der Waals surface area contributed by atoms with Crippen molar-refractivity contribution in [2.24, 2.45) is 0 Å². The quantitative estimate of drug-likeness (QED) is 0.653. The van der Waals surface area contributed by atoms with E-state index in [-0.39, 0.29) is 12.0 Å². The van der Waals surface area contributed by atoms with Gasteiger partial charge in [0.2, 0.25) is 0 Å². The molecule has 0 spiro atoms. The molecule has 0 radical (unpaired) electrons. The molecule has 0 bridgehead atoms. The van der Waals surface area contributed by atoms with E-state index in [1.54, 1.807) is 25.4 Å². The van der Waals surface area contributed by atoms with Crippen LogP contribution in [0.3, 0.4) is 0 Å². The van der Waals surface area contributed by atoms with Gasteiger partial charge in [0.15, 0.2) is 0 Å². The smallest absolute Gasteiger partial charge is 0.270 e. The number of ether oxygens (including phenoxy) is 1. The number of benzene rings is 1. The lowest BCUT2D eigenvalue weighted by atomic mass is 10.2. The number of carbonyl (C=O) groups is 1. The van der Waals surface area contributed by atoms with Crippen molar-refractivity contribution in [2.45, 2.75) is 33.4 Å². The first-order valence-corrected chi connectivity index (χ1v) is 9.07. The number of para-hydroxylation sites is 2. The van der Waals surface area contributed by atoms with Gasteiger partial charge in [-0.15, -0.1) is 0 Å². The molecule has 2 heterocycles. The highest BCUT2D eigenvalue weighted by Gasteiger charge is 2.12. The molecule has 0 saturated carbocycles. The normalized spacial score (nSPS) is 10.6. The summed E-state index contributed by atoms with van der Waals surface area (Å²) in [5.41, 5.74) is 1.98. The highest BCUT2D eigenvalue weighted by Crippen LogP contribution is 2.27. The van der Waals surface area contributed by atoms with E-state index < -0.39 is 0 Å². The second-order valence-corrected chi connectivity index (χ2v) is 6.52. The van der Waals surface area contributed by atoms with E-state index in [0.29, 0.717) is 23.9 Å². The number of aromatic nitrogens is 3. The zero-order valence-electron chi connectivity index (χ0n) is 16.1. The second-order valence-electron chi connectivity index (χ2n) is 6.52. The molecule has 28 heavy (non-hydrogen) atoms. The lowest BCUT2D eigenvalue weighted by Crippen LogP contribution is -2.24. The minimum Gasteiger partial charge on any atom is -0.489 e. The molecule has 0 fully saturated rings. The standard InChI is InChI=1S/C21H23N5O2/c1-14(2)28-19-9-5-4-8-17(19)26-20-11-18(24-15(3)25-20)21(27)23-13-16-7-6-10-22-12-16/h4-12,14H,13H2,1-3H3,(H,23,27)(H,24,25,26). The van der Waals surface area contributed by atoms with Gasteiger partial charge in [0.25, 0.3) is 5.91 Å². The first-order chi connectivity index (χ1) is 13.5. The fourth-order valence-electron chi connectivity index (χ4n) is 2.59. The number of amides is 1. The van der Waals surface area contributed by atoms with Crippen LogP contribution >= 0.6 is 0 Å². The van der Waals surface area contributed by atoms with E-state index in [0.717, 1.165) is 17.0 Å². The number of pyridine rings is 1. The Bertz CT molecular complexity index is 945. The molecule has 3 rings (SSSR count). The van der Waals surface area contributed by atoms with Crippen LogP contribution in [0, 0.1) is 6.92 Å². The van der Waals surface area contributed by atoms with Gasteiger partial charge < -0.3 is 15.4 Å². The number of hydrogen-bond acceptors (Lipinski definition) is 6. The third-order valence-corrected chi connectivity index (χ3v) is 3.76. The van der Waals surface area contributed by atoms with Crippen LogP contribution in [0.4, 0.5) is 11.5 Å². The maximum absolute atomic E-state index is 12.5. The molecule has 1 amide bonds. The zero-order chi connectivity index (χ0) is 19.9. The molecule has 2 N–H and O–H groups in total. The second kappa shape index (κ2) is 8.94. The van der Waals surface area contributed by atoms with Crippen LogP contribution in [0.5, 0.6) is 5.75 Å². The van der Waals surface area contributed by atoms with Crippen molar-refractivity contribution >= 4 is 17.4 Å². The van der Waals surface area contributed by atoms with E-state index in [9.17, 15) is 4.79 Å². The number of aryl methyl sites for hydroxylation is 1. The van der Waals surface area contributed by atoms with E-state index in [1.807, 2.05) is 50.2 Å². The lowest BCUT2D eigenvalue weighted by Gasteiger charge is -2.15. The fraction of sp³-hybridized carbons (Fsp3) is 0.238. The van der Waals surface area contributed by atoms with E-state index >= 15 is 0 Å². The minimum absolute atomic E-state index is 0.0453. The lowest BCUT2D eigenvalue weighted by molar-refractivity contribution is 0.0945. The van der Waals surface area contributed by atoms with Crippen LogP contribution in [0.15, 0.2) is 54.9 Å². The van der Waals surface area contributed by atoms with Crippen LogP contribution in [-0.2, 0) is 6.54 Å². The summed E-state index contributed by atoms with van der Waals surface area (Å²) in [7, 11) is 0. The van der Waals surface area contributed by atoms with Crippen molar-refractivity contribution < 1.29 is 9.53 Å². The van der Waals surface area contributed by atoms with Crippen LogP contribution in [0.2, 0.25) is 0 Å². The summed E-state index contributed by atoms with van der Waals surface area (Å²) in [4.78, 5) is 25.2. The van der Waals surface area contributed by atoms with Crippen molar-refractivity contribution in [3.05, 3.63) is 71.9 Å². The Morgan fingerprint density at radius 1 is 1.14 bits per heavy atom. The monoisotopic (exact) mass is 377 g/mol. The summed E-state index contributed by atoms with van der Waals surface area (Å²) >= 11 is 0. The van der Waals surface area contributed by atoms with Gasteiger partial charge in [-0.1, -0.05) is 18.2 Å². The molecule has 7 heteroatoms. The van der Waals surface area contributed by atoms with Crippen molar-refractivity contribution in [1.29, 1.82) is 0 Å². The zero-order valence-corrected chi connectivity index (χ0v) is 16.1. The number of anilines is 2. The SMILES string of the molecule is Cc1nc(Nc2ccccc2OC(C)C)cc(C(=O)NCc2cccnc2)n1. The van der Waals surface area contributed by atoms with Gasteiger partial charge in [-0.3, -0.25) is 9.78 Å². The third-order valence-electron chi connectivity index (χ3n) is 3.76. The summed E-state index contributed by atoms with van der Waals surface area (Å²) in [6.45, 7) is 6.07. The molecule has 3 aromatic rings. The predicted octanol–water partition coefficient (Wildman–Crippen LogP) is 3.64. The molecule has 0 aliphatic heterocycles. The summed E-state index contributed by atoms with van der Waals surface area (Å²) in [6.07, 6.45) is 3.45. The van der Waals surface area contributed by atoms with Crippen LogP contribution in [0.25, 0.3) is 0 Å². The summed E-state index contributed by atoms with van der Waals surface area (Å²) in [5, 5.41) is 6.07. The average Bonchev–Trinajstić information content (AvgIpc) is 2.67. The Kier molecular flexibility index (Phi) is 6.16.